The molecule has 28 aromatic rings. The average molecular weight is 1570 g/mol. The monoisotopic (exact) mass is 1570 g/mol. The minimum atomic E-state index is 0.609. The Labute approximate surface area is 707 Å². The first kappa shape index (κ1) is 67.2. The minimum Gasteiger partial charge on any atom is -0.309 e. The molecule has 28 rings (SSSR count). The van der Waals surface area contributed by atoms with Gasteiger partial charge in [0.2, 0.25) is 11.9 Å². The molecule has 0 unspecified atom stereocenters. The van der Waals surface area contributed by atoms with Gasteiger partial charge < -0.3 is 9.13 Å². The van der Waals surface area contributed by atoms with E-state index >= 15 is 0 Å². The molecule has 0 aliphatic heterocycles. The smallest absolute Gasteiger partial charge is 0.235 e. The van der Waals surface area contributed by atoms with Gasteiger partial charge in [-0.15, -0.1) is 0 Å². The Kier molecular flexibility index (Phi) is 13.8. The van der Waals surface area contributed by atoms with Crippen molar-refractivity contribution >= 4 is 217 Å². The van der Waals surface area contributed by atoms with Crippen LogP contribution in [0.25, 0.3) is 274 Å². The second-order valence-corrected chi connectivity index (χ2v) is 33.4. The summed E-state index contributed by atoms with van der Waals surface area (Å²) in [6.45, 7) is 0. The van der Waals surface area contributed by atoms with Crippen LogP contribution in [0.3, 0.4) is 0 Å². The number of hydrogen-bond donors (Lipinski definition) is 0. The van der Waals surface area contributed by atoms with E-state index in [2.05, 4.69) is 419 Å². The van der Waals surface area contributed by atoms with E-state index in [9.17, 15) is 0 Å². The van der Waals surface area contributed by atoms with Gasteiger partial charge in [0.15, 0.2) is 0 Å². The minimum absolute atomic E-state index is 0.609. The van der Waals surface area contributed by atoms with Crippen LogP contribution in [0.2, 0.25) is 0 Å². The summed E-state index contributed by atoms with van der Waals surface area (Å²) in [4.78, 5) is 23.3. The lowest BCUT2D eigenvalue weighted by Crippen LogP contribution is -2.04. The predicted molar refractivity (Wildman–Crippen MR) is 521 cm³/mol. The maximum atomic E-state index is 5.92. The molecular weight excluding hydrogens is 1510 g/mol. The second kappa shape index (κ2) is 25.4. The zero-order valence-electron chi connectivity index (χ0n) is 66.7. The van der Waals surface area contributed by atoms with Gasteiger partial charge in [-0.05, 0) is 206 Å². The average Bonchev–Trinajstić information content (AvgIpc) is 1.49. The summed E-state index contributed by atoms with van der Waals surface area (Å²) < 4.78 is 9.52. The first-order valence-electron chi connectivity index (χ1n) is 42.6. The molecular formula is C116H66N8. The molecule has 0 saturated heterocycles. The van der Waals surface area contributed by atoms with Gasteiger partial charge in [0, 0.05) is 92.5 Å². The normalized spacial score (nSPS) is 12.4. The third-order valence-corrected chi connectivity index (χ3v) is 27.0. The SMILES string of the molecule is c1ccc(-n2c3ccccc3c3ccc(-c4nc(-n5c6cc7ccccc7cc6c6c7c(ccc65)c5ccccc5c5cc(-c6ccc(-n8c9ccccc9c9ccc(-c%10nc(-n%11c%12cc%13ccccc%13cc%12c%12c%13c%14ccccc%14c%14ccccc%14c%13ccc%12%11)nc%11c%10ccc%10ccccc%10%11)cc98)cc6)ccc57)nc5ccc6ccccc6c45)cc32)cc1. The van der Waals surface area contributed by atoms with E-state index in [0.717, 1.165) is 165 Å². The lowest BCUT2D eigenvalue weighted by Gasteiger charge is -2.15. The third kappa shape index (κ3) is 9.50. The van der Waals surface area contributed by atoms with Gasteiger partial charge in [-0.3, -0.25) is 9.13 Å². The van der Waals surface area contributed by atoms with Crippen molar-refractivity contribution in [2.45, 2.75) is 0 Å². The van der Waals surface area contributed by atoms with Gasteiger partial charge in [-0.2, -0.15) is 0 Å². The zero-order valence-corrected chi connectivity index (χ0v) is 66.7. The molecule has 0 saturated carbocycles. The highest BCUT2D eigenvalue weighted by Gasteiger charge is 2.28. The van der Waals surface area contributed by atoms with Gasteiger partial charge in [0.1, 0.15) is 0 Å². The van der Waals surface area contributed by atoms with E-state index in [4.69, 9.17) is 19.9 Å². The molecule has 0 aliphatic carbocycles. The second-order valence-electron chi connectivity index (χ2n) is 33.4. The zero-order chi connectivity index (χ0) is 80.7. The van der Waals surface area contributed by atoms with Gasteiger partial charge in [-0.25, -0.2) is 19.9 Å². The summed E-state index contributed by atoms with van der Waals surface area (Å²) in [5, 5.41) is 35.0. The summed E-state index contributed by atoms with van der Waals surface area (Å²) >= 11 is 0. The molecule has 8 heteroatoms. The van der Waals surface area contributed by atoms with Crippen molar-refractivity contribution in [3.63, 3.8) is 0 Å². The largest absolute Gasteiger partial charge is 0.309 e. The number of para-hydroxylation sites is 3. The van der Waals surface area contributed by atoms with E-state index in [1.165, 1.54) is 97.0 Å². The Morgan fingerprint density at radius 2 is 0.524 bits per heavy atom. The molecule has 0 aliphatic rings. The van der Waals surface area contributed by atoms with Crippen LogP contribution >= 0.6 is 0 Å². The maximum Gasteiger partial charge on any atom is 0.235 e. The number of aromatic nitrogens is 8. The predicted octanol–water partition coefficient (Wildman–Crippen LogP) is 30.5. The van der Waals surface area contributed by atoms with E-state index < -0.39 is 0 Å². The van der Waals surface area contributed by atoms with Gasteiger partial charge in [0.25, 0.3) is 0 Å². The first-order chi connectivity index (χ1) is 61.5. The third-order valence-electron chi connectivity index (χ3n) is 27.0. The molecule has 22 aromatic carbocycles. The number of rotatable bonds is 7. The van der Waals surface area contributed by atoms with Crippen LogP contribution in [0.4, 0.5) is 0 Å². The molecule has 0 radical (unpaired) electrons. The molecule has 570 valence electrons. The molecule has 0 N–H and O–H groups in total. The van der Waals surface area contributed by atoms with Crippen molar-refractivity contribution in [1.29, 1.82) is 0 Å². The summed E-state index contributed by atoms with van der Waals surface area (Å²) in [5.74, 6) is 1.22. The molecule has 0 atom stereocenters. The number of hydrogen-bond acceptors (Lipinski definition) is 4. The van der Waals surface area contributed by atoms with E-state index in [1.54, 1.807) is 0 Å². The van der Waals surface area contributed by atoms with Gasteiger partial charge in [-0.1, -0.05) is 297 Å². The summed E-state index contributed by atoms with van der Waals surface area (Å²) in [5.41, 5.74) is 18.6. The lowest BCUT2D eigenvalue weighted by molar-refractivity contribution is 1.02. The highest BCUT2D eigenvalue weighted by molar-refractivity contribution is 6.38. The van der Waals surface area contributed by atoms with Crippen LogP contribution in [0.1, 0.15) is 0 Å². The highest BCUT2D eigenvalue weighted by atomic mass is 15.2. The van der Waals surface area contributed by atoms with Crippen molar-refractivity contribution < 1.29 is 0 Å². The van der Waals surface area contributed by atoms with E-state index in [0.29, 0.717) is 11.9 Å². The van der Waals surface area contributed by atoms with Crippen LogP contribution in [0.5, 0.6) is 0 Å². The fourth-order valence-electron chi connectivity index (χ4n) is 21.6. The molecule has 124 heavy (non-hydrogen) atoms. The van der Waals surface area contributed by atoms with Crippen molar-refractivity contribution in [2.24, 2.45) is 0 Å². The van der Waals surface area contributed by atoms with Crippen molar-refractivity contribution in [1.82, 2.24) is 38.2 Å². The van der Waals surface area contributed by atoms with Crippen LogP contribution in [-0.2, 0) is 0 Å². The molecule has 6 heterocycles. The molecule has 0 spiro atoms. The van der Waals surface area contributed by atoms with Gasteiger partial charge >= 0.3 is 0 Å². The van der Waals surface area contributed by atoms with Crippen LogP contribution < -0.4 is 0 Å². The molecule has 0 amide bonds. The number of benzene rings is 22. The first-order valence-corrected chi connectivity index (χ1v) is 42.6. The quantitative estimate of drug-likeness (QED) is 0.149. The molecule has 6 aromatic heterocycles. The Bertz CT molecular complexity index is 9610. The van der Waals surface area contributed by atoms with Crippen LogP contribution in [0.15, 0.2) is 400 Å². The van der Waals surface area contributed by atoms with Crippen LogP contribution in [0, 0.1) is 0 Å². The number of nitrogens with zero attached hydrogens (tertiary/aromatic N) is 8. The van der Waals surface area contributed by atoms with Gasteiger partial charge in [0.05, 0.1) is 66.6 Å². The molecule has 0 fully saturated rings. The molecule has 0 bridgehead atoms. The Hall–Kier alpha value is -16.7. The Morgan fingerprint density at radius 1 is 0.153 bits per heavy atom. The highest BCUT2D eigenvalue weighted by Crippen LogP contribution is 2.50. The lowest BCUT2D eigenvalue weighted by atomic mass is 9.90. The Morgan fingerprint density at radius 3 is 1.10 bits per heavy atom. The maximum absolute atomic E-state index is 5.92. The van der Waals surface area contributed by atoms with Crippen molar-refractivity contribution in [3.05, 3.63) is 400 Å². The topological polar surface area (TPSA) is 71.3 Å². The summed E-state index contributed by atoms with van der Waals surface area (Å²) in [7, 11) is 0. The van der Waals surface area contributed by atoms with Crippen molar-refractivity contribution in [3.8, 4) is 56.9 Å². The molecule has 8 nitrogen and oxygen atoms in total. The Balaban J connectivity index is 0.615. The fourth-order valence-corrected chi connectivity index (χ4v) is 21.6. The fraction of sp³-hybridized carbons (Fsp3) is 0. The summed E-state index contributed by atoms with van der Waals surface area (Å²) in [6, 6.07) is 148. The number of fused-ring (bicyclic) bond motifs is 34. The van der Waals surface area contributed by atoms with E-state index in [-0.39, 0.29) is 0 Å². The standard InChI is InChI=1S/C116H66N8/c1-2-28-77(29-3-1)121-99-40-20-18-37-86(99)89-52-47-76(66-104(89)121)113-109-79-30-10-8-22-68(79)48-57-98(109)117-115(119-113)123-101-58-56-92-84-35-14-15-36-85(84)95-60-74(45-53-93(95)108(92)111(101)96-61-70-24-4-6-26-72(70)63-105(96)123)67-42-49-78(50-43-67)122-100-41-21-19-38-87(100)88-51-46-75(65-103(88)122)112-94-54-44-69-23-9-11-31-80(69)114(94)120-116(118-112)124-102-59-55-91-83-34-13-12-32-81(83)82-33-16-17-39-90(82)107(91)110(102)97-62-71-25-5-7-27-73(71)64-106(97)124/h1-66H. The van der Waals surface area contributed by atoms with Crippen molar-refractivity contribution in [2.75, 3.05) is 0 Å². The summed E-state index contributed by atoms with van der Waals surface area (Å²) in [6.07, 6.45) is 0. The van der Waals surface area contributed by atoms with Crippen LogP contribution in [-0.4, -0.2) is 38.2 Å². The van der Waals surface area contributed by atoms with E-state index in [1.807, 2.05) is 0 Å².